The van der Waals surface area contributed by atoms with Crippen molar-refractivity contribution in [3.8, 4) is 0 Å². The van der Waals surface area contributed by atoms with Gasteiger partial charge in [-0.3, -0.25) is 14.4 Å². The van der Waals surface area contributed by atoms with E-state index in [1.54, 1.807) is 24.3 Å². The van der Waals surface area contributed by atoms with E-state index in [-0.39, 0.29) is 23.3 Å². The van der Waals surface area contributed by atoms with Crippen LogP contribution in [0.15, 0.2) is 52.9 Å². The maximum absolute atomic E-state index is 12.6. The molecule has 2 unspecified atom stereocenters. The topological polar surface area (TPSA) is 100 Å². The Balaban J connectivity index is 2.12. The highest BCUT2D eigenvalue weighted by Gasteiger charge is 2.58. The minimum Gasteiger partial charge on any atom is -0.448 e. The standard InChI is InChI=1S/C21H20ClNO7/c1-11(24)18-19(12(2)27-20(18,5)28-13(3)25)21(29-14(4)26)10-17(23-30-21)15-6-8-16(22)9-7-15/h6-9H,2,10H2,1,3-5H3. The van der Waals surface area contributed by atoms with Crippen molar-refractivity contribution in [1.82, 2.24) is 0 Å². The smallest absolute Gasteiger partial charge is 0.314 e. The number of hydrogen-bond donors (Lipinski definition) is 0. The molecule has 0 N–H and O–H groups in total. The average Bonchev–Trinajstić information content (AvgIpc) is 3.13. The number of ketones is 1. The molecular formula is C21H20ClNO7. The first-order valence-electron chi connectivity index (χ1n) is 9.02. The highest BCUT2D eigenvalue weighted by Crippen LogP contribution is 2.48. The van der Waals surface area contributed by atoms with Crippen LogP contribution in [0.5, 0.6) is 0 Å². The zero-order valence-corrected chi connectivity index (χ0v) is 17.7. The largest absolute Gasteiger partial charge is 0.448 e. The highest BCUT2D eigenvalue weighted by molar-refractivity contribution is 6.30. The van der Waals surface area contributed by atoms with Crippen LogP contribution in [0, 0.1) is 0 Å². The van der Waals surface area contributed by atoms with E-state index in [4.69, 9.17) is 30.6 Å². The van der Waals surface area contributed by atoms with Crippen LogP contribution < -0.4 is 0 Å². The molecule has 30 heavy (non-hydrogen) atoms. The minimum absolute atomic E-state index is 0.0289. The molecule has 0 aliphatic carbocycles. The van der Waals surface area contributed by atoms with Gasteiger partial charge in [-0.25, -0.2) is 0 Å². The van der Waals surface area contributed by atoms with E-state index < -0.39 is 29.3 Å². The summed E-state index contributed by atoms with van der Waals surface area (Å²) in [7, 11) is 0. The summed E-state index contributed by atoms with van der Waals surface area (Å²) in [6, 6.07) is 6.83. The van der Waals surface area contributed by atoms with Crippen LogP contribution in [-0.4, -0.2) is 35.0 Å². The predicted molar refractivity (Wildman–Crippen MR) is 106 cm³/mol. The molecule has 2 aliphatic heterocycles. The van der Waals surface area contributed by atoms with E-state index in [9.17, 15) is 14.4 Å². The average molecular weight is 434 g/mol. The Bertz CT molecular complexity index is 1010. The van der Waals surface area contributed by atoms with Gasteiger partial charge in [-0.15, -0.1) is 0 Å². The molecule has 158 valence electrons. The molecule has 9 heteroatoms. The Labute approximate surface area is 178 Å². The predicted octanol–water partition coefficient (Wildman–Crippen LogP) is 3.43. The van der Waals surface area contributed by atoms with Crippen LogP contribution in [0.25, 0.3) is 0 Å². The van der Waals surface area contributed by atoms with Crippen molar-refractivity contribution in [2.45, 2.75) is 45.7 Å². The molecule has 0 bridgehead atoms. The molecule has 0 aromatic heterocycles. The monoisotopic (exact) mass is 433 g/mol. The normalized spacial score (nSPS) is 25.4. The molecule has 0 fully saturated rings. The van der Waals surface area contributed by atoms with E-state index in [0.29, 0.717) is 16.3 Å². The molecule has 0 amide bonds. The first-order valence-corrected chi connectivity index (χ1v) is 9.40. The minimum atomic E-state index is -1.81. The Morgan fingerprint density at radius 2 is 1.70 bits per heavy atom. The quantitative estimate of drug-likeness (QED) is 0.655. The lowest BCUT2D eigenvalue weighted by Gasteiger charge is -2.27. The Kier molecular flexibility index (Phi) is 5.47. The molecule has 0 saturated heterocycles. The van der Waals surface area contributed by atoms with Gasteiger partial charge in [-0.1, -0.05) is 35.5 Å². The fraction of sp³-hybridized carbons (Fsp3) is 0.333. The summed E-state index contributed by atoms with van der Waals surface area (Å²) in [5.74, 6) is -5.40. The number of nitrogens with zero attached hydrogens (tertiary/aromatic N) is 1. The summed E-state index contributed by atoms with van der Waals surface area (Å²) >= 11 is 5.94. The second kappa shape index (κ2) is 7.60. The number of esters is 2. The number of carbonyl (C=O) groups excluding carboxylic acids is 3. The summed E-state index contributed by atoms with van der Waals surface area (Å²) in [4.78, 5) is 41.7. The molecule has 0 saturated carbocycles. The highest BCUT2D eigenvalue weighted by atomic mass is 35.5. The molecule has 8 nitrogen and oxygen atoms in total. The van der Waals surface area contributed by atoms with Crippen molar-refractivity contribution in [3.05, 3.63) is 58.3 Å². The number of hydrogen-bond acceptors (Lipinski definition) is 8. The van der Waals surface area contributed by atoms with Gasteiger partial charge >= 0.3 is 17.7 Å². The van der Waals surface area contributed by atoms with Crippen LogP contribution in [0.4, 0.5) is 0 Å². The summed E-state index contributed by atoms with van der Waals surface area (Å²) in [6.07, 6.45) is -0.0289. The van der Waals surface area contributed by atoms with Crippen LogP contribution >= 0.6 is 11.6 Å². The van der Waals surface area contributed by atoms with Gasteiger partial charge in [0.2, 0.25) is 0 Å². The third-order valence-corrected chi connectivity index (χ3v) is 4.81. The molecular weight excluding hydrogens is 414 g/mol. The molecule has 1 aromatic carbocycles. The summed E-state index contributed by atoms with van der Waals surface area (Å²) < 4.78 is 16.4. The van der Waals surface area contributed by atoms with Gasteiger partial charge in [0.25, 0.3) is 5.79 Å². The third-order valence-electron chi connectivity index (χ3n) is 4.56. The molecule has 0 spiro atoms. The van der Waals surface area contributed by atoms with Gasteiger partial charge < -0.3 is 19.0 Å². The lowest BCUT2D eigenvalue weighted by Crippen LogP contribution is -2.40. The molecule has 0 radical (unpaired) electrons. The Hall–Kier alpha value is -3.13. The maximum Gasteiger partial charge on any atom is 0.314 e. The summed E-state index contributed by atoms with van der Waals surface area (Å²) in [5, 5.41) is 4.61. The van der Waals surface area contributed by atoms with E-state index >= 15 is 0 Å². The lowest BCUT2D eigenvalue weighted by atomic mass is 9.89. The first-order chi connectivity index (χ1) is 14.0. The van der Waals surface area contributed by atoms with Gasteiger partial charge in [0, 0.05) is 25.8 Å². The summed E-state index contributed by atoms with van der Waals surface area (Å²) in [5.41, 5.74) is 1.15. The fourth-order valence-electron chi connectivity index (χ4n) is 3.63. The Morgan fingerprint density at radius 1 is 1.10 bits per heavy atom. The van der Waals surface area contributed by atoms with Crippen LogP contribution in [0.1, 0.15) is 39.7 Å². The van der Waals surface area contributed by atoms with Crippen molar-refractivity contribution in [1.29, 1.82) is 0 Å². The second-order valence-electron chi connectivity index (χ2n) is 7.03. The molecule has 2 atom stereocenters. The zero-order valence-electron chi connectivity index (χ0n) is 16.9. The van der Waals surface area contributed by atoms with E-state index in [1.807, 2.05) is 0 Å². The van der Waals surface area contributed by atoms with Crippen molar-refractivity contribution in [2.75, 3.05) is 0 Å². The van der Waals surface area contributed by atoms with Gasteiger partial charge in [-0.05, 0) is 24.6 Å². The van der Waals surface area contributed by atoms with Crippen molar-refractivity contribution in [3.63, 3.8) is 0 Å². The maximum atomic E-state index is 12.6. The Morgan fingerprint density at radius 3 is 2.23 bits per heavy atom. The molecule has 2 heterocycles. The fourth-order valence-corrected chi connectivity index (χ4v) is 3.76. The van der Waals surface area contributed by atoms with Gasteiger partial charge in [0.15, 0.2) is 5.78 Å². The van der Waals surface area contributed by atoms with Crippen molar-refractivity contribution >= 4 is 35.0 Å². The second-order valence-corrected chi connectivity index (χ2v) is 7.47. The number of Topliss-reactive ketones (excluding diaryl/α,β-unsaturated/α-hetero) is 1. The number of ether oxygens (including phenoxy) is 3. The molecule has 1 aromatic rings. The van der Waals surface area contributed by atoms with E-state index in [0.717, 1.165) is 0 Å². The number of carbonyl (C=O) groups is 3. The third kappa shape index (κ3) is 3.82. The van der Waals surface area contributed by atoms with Crippen LogP contribution in [0.3, 0.4) is 0 Å². The van der Waals surface area contributed by atoms with Crippen LogP contribution in [0.2, 0.25) is 5.02 Å². The number of halogens is 1. The van der Waals surface area contributed by atoms with E-state index in [1.165, 1.54) is 27.7 Å². The van der Waals surface area contributed by atoms with E-state index in [2.05, 4.69) is 11.7 Å². The molecule has 3 rings (SSSR count). The number of benzene rings is 1. The number of rotatable bonds is 5. The van der Waals surface area contributed by atoms with Gasteiger partial charge in [0.1, 0.15) is 5.76 Å². The lowest BCUT2D eigenvalue weighted by molar-refractivity contribution is -0.202. The first kappa shape index (κ1) is 21.6. The van der Waals surface area contributed by atoms with Gasteiger partial charge in [-0.2, -0.15) is 0 Å². The van der Waals surface area contributed by atoms with Crippen molar-refractivity contribution < 1.29 is 33.4 Å². The van der Waals surface area contributed by atoms with Crippen molar-refractivity contribution in [2.24, 2.45) is 5.16 Å². The SMILES string of the molecule is C=C1OC(C)(OC(C)=O)C(C(C)=O)=C1C1(OC(C)=O)CC(c2ccc(Cl)cc2)=NO1. The molecule has 2 aliphatic rings. The zero-order chi connectivity index (χ0) is 22.3. The van der Waals surface area contributed by atoms with Crippen LogP contribution in [-0.2, 0) is 33.4 Å². The van der Waals surface area contributed by atoms with Gasteiger partial charge in [0.05, 0.1) is 23.3 Å². The number of oxime groups is 1. The summed E-state index contributed by atoms with van der Waals surface area (Å²) in [6.45, 7) is 8.87.